The van der Waals surface area contributed by atoms with Crippen molar-refractivity contribution in [1.82, 2.24) is 0 Å². The molecule has 0 spiro atoms. The maximum atomic E-state index is 11.1. The van der Waals surface area contributed by atoms with Crippen molar-refractivity contribution >= 4 is 11.7 Å². The van der Waals surface area contributed by atoms with Crippen LogP contribution in [0.2, 0.25) is 0 Å². The number of esters is 1. The van der Waals surface area contributed by atoms with E-state index in [2.05, 4.69) is 6.58 Å². The summed E-state index contributed by atoms with van der Waals surface area (Å²) in [6.07, 6.45) is 1.26. The number of nitro benzene ring substituents is 1. The molecule has 0 N–H and O–H groups in total. The van der Waals surface area contributed by atoms with Crippen molar-refractivity contribution in [3.8, 4) is 0 Å². The second-order valence-electron chi connectivity index (χ2n) is 3.95. The number of rotatable bonds is 6. The van der Waals surface area contributed by atoms with Gasteiger partial charge in [-0.2, -0.15) is 0 Å². The van der Waals surface area contributed by atoms with E-state index >= 15 is 0 Å². The van der Waals surface area contributed by atoms with Crippen molar-refractivity contribution in [3.05, 3.63) is 52.1 Å². The van der Waals surface area contributed by atoms with Crippen LogP contribution < -0.4 is 0 Å². The van der Waals surface area contributed by atoms with Gasteiger partial charge in [-0.3, -0.25) is 10.1 Å². The molecule has 0 heterocycles. The highest BCUT2D eigenvalue weighted by atomic mass is 16.6. The number of non-ortho nitro benzene ring substituents is 1. The molecule has 0 aliphatic rings. The summed E-state index contributed by atoms with van der Waals surface area (Å²) in [6.45, 7) is 5.35. The number of ether oxygens (including phenoxy) is 1. The van der Waals surface area contributed by atoms with Gasteiger partial charge < -0.3 is 4.74 Å². The van der Waals surface area contributed by atoms with E-state index < -0.39 is 10.9 Å². The smallest absolute Gasteiger partial charge is 0.333 e. The van der Waals surface area contributed by atoms with Crippen LogP contribution in [0.4, 0.5) is 5.69 Å². The quantitative estimate of drug-likeness (QED) is 0.255. The van der Waals surface area contributed by atoms with Crippen molar-refractivity contribution in [3.63, 3.8) is 0 Å². The molecule has 1 aromatic rings. The van der Waals surface area contributed by atoms with E-state index in [-0.39, 0.29) is 12.3 Å². The van der Waals surface area contributed by atoms with Gasteiger partial charge in [0.25, 0.3) is 5.69 Å². The first kappa shape index (κ1) is 13.9. The molecule has 0 amide bonds. The summed E-state index contributed by atoms with van der Waals surface area (Å²) in [6, 6.07) is 6.44. The first-order chi connectivity index (χ1) is 8.50. The number of carbonyl (C=O) groups is 1. The van der Waals surface area contributed by atoms with E-state index in [1.165, 1.54) is 12.1 Å². The largest absolute Gasteiger partial charge is 0.462 e. The van der Waals surface area contributed by atoms with Crippen LogP contribution in [0, 0.1) is 10.1 Å². The zero-order valence-corrected chi connectivity index (χ0v) is 10.2. The summed E-state index contributed by atoms with van der Waals surface area (Å²) in [5, 5.41) is 10.6. The fraction of sp³-hybridized carbons (Fsp3) is 0.308. The normalized spacial score (nSPS) is 9.83. The molecule has 5 heteroatoms. The second-order valence-corrected chi connectivity index (χ2v) is 3.95. The van der Waals surface area contributed by atoms with Crippen molar-refractivity contribution in [1.29, 1.82) is 0 Å². The monoisotopic (exact) mass is 249 g/mol. The Morgan fingerprint density at radius 1 is 1.50 bits per heavy atom. The van der Waals surface area contributed by atoms with Crippen molar-refractivity contribution < 1.29 is 14.5 Å². The molecular formula is C13H15NO4. The molecule has 0 aliphatic heterocycles. The minimum absolute atomic E-state index is 0.0754. The average molecular weight is 249 g/mol. The summed E-state index contributed by atoms with van der Waals surface area (Å²) >= 11 is 0. The Hall–Kier alpha value is -2.17. The molecule has 5 nitrogen and oxygen atoms in total. The molecule has 0 bridgehead atoms. The van der Waals surface area contributed by atoms with Crippen LogP contribution >= 0.6 is 0 Å². The van der Waals surface area contributed by atoms with Crippen LogP contribution in [0.1, 0.15) is 18.9 Å². The number of nitrogens with zero attached hydrogens (tertiary/aromatic N) is 1. The fourth-order valence-corrected chi connectivity index (χ4v) is 1.39. The summed E-state index contributed by atoms with van der Waals surface area (Å²) in [7, 11) is 0. The molecule has 0 aliphatic carbocycles. The van der Waals surface area contributed by atoms with Crippen molar-refractivity contribution in [2.45, 2.75) is 19.8 Å². The van der Waals surface area contributed by atoms with E-state index in [1.807, 2.05) is 6.07 Å². The van der Waals surface area contributed by atoms with Crippen LogP contribution in [0.15, 0.2) is 36.4 Å². The minimum Gasteiger partial charge on any atom is -0.462 e. The van der Waals surface area contributed by atoms with Crippen LogP contribution in [0.25, 0.3) is 0 Å². The third kappa shape index (κ3) is 4.37. The Morgan fingerprint density at radius 3 is 2.83 bits per heavy atom. The molecule has 0 aromatic heterocycles. The van der Waals surface area contributed by atoms with E-state index in [0.717, 1.165) is 5.56 Å². The predicted molar refractivity (Wildman–Crippen MR) is 67.2 cm³/mol. The maximum absolute atomic E-state index is 11.1. The fourth-order valence-electron chi connectivity index (χ4n) is 1.39. The Labute approximate surface area is 105 Å². The number of carbonyl (C=O) groups excluding carboxylic acids is 1. The van der Waals surface area contributed by atoms with Gasteiger partial charge in [0.1, 0.15) is 0 Å². The van der Waals surface area contributed by atoms with Crippen LogP contribution in [-0.4, -0.2) is 17.5 Å². The lowest BCUT2D eigenvalue weighted by Gasteiger charge is -2.04. The van der Waals surface area contributed by atoms with Crippen LogP contribution in [0.5, 0.6) is 0 Å². The van der Waals surface area contributed by atoms with Crippen LogP contribution in [-0.2, 0) is 16.0 Å². The highest BCUT2D eigenvalue weighted by molar-refractivity contribution is 5.86. The van der Waals surface area contributed by atoms with E-state index in [1.54, 1.807) is 13.0 Å². The SMILES string of the molecule is C=C(C)C(=O)OCCCc1cccc([N+](=O)[O-])c1. The van der Waals surface area contributed by atoms with Gasteiger partial charge in [0.2, 0.25) is 0 Å². The molecule has 1 aromatic carbocycles. The van der Waals surface area contributed by atoms with Crippen molar-refractivity contribution in [2.24, 2.45) is 0 Å². The van der Waals surface area contributed by atoms with Gasteiger partial charge in [0, 0.05) is 17.7 Å². The predicted octanol–water partition coefficient (Wildman–Crippen LogP) is 2.65. The van der Waals surface area contributed by atoms with E-state index in [0.29, 0.717) is 18.4 Å². The summed E-state index contributed by atoms with van der Waals surface area (Å²) in [5.74, 6) is -0.408. The molecule has 0 fully saturated rings. The van der Waals surface area contributed by atoms with E-state index in [4.69, 9.17) is 4.74 Å². The van der Waals surface area contributed by atoms with Gasteiger partial charge in [0.15, 0.2) is 0 Å². The zero-order chi connectivity index (χ0) is 13.5. The highest BCUT2D eigenvalue weighted by Gasteiger charge is 2.06. The topological polar surface area (TPSA) is 69.4 Å². The van der Waals surface area contributed by atoms with Gasteiger partial charge in [-0.25, -0.2) is 4.79 Å². The van der Waals surface area contributed by atoms with E-state index in [9.17, 15) is 14.9 Å². The van der Waals surface area contributed by atoms with Gasteiger partial charge in [0.05, 0.1) is 11.5 Å². The first-order valence-electron chi connectivity index (χ1n) is 5.56. The number of aryl methyl sites for hydroxylation is 1. The molecule has 18 heavy (non-hydrogen) atoms. The summed E-state index contributed by atoms with van der Waals surface area (Å²) < 4.78 is 4.93. The number of hydrogen-bond donors (Lipinski definition) is 0. The van der Waals surface area contributed by atoms with Gasteiger partial charge in [-0.15, -0.1) is 0 Å². The Bertz CT molecular complexity index is 468. The average Bonchev–Trinajstić information content (AvgIpc) is 2.34. The zero-order valence-electron chi connectivity index (χ0n) is 10.2. The lowest BCUT2D eigenvalue weighted by molar-refractivity contribution is -0.384. The van der Waals surface area contributed by atoms with Gasteiger partial charge in [-0.1, -0.05) is 18.7 Å². The molecule has 0 saturated carbocycles. The first-order valence-corrected chi connectivity index (χ1v) is 5.56. The third-order valence-corrected chi connectivity index (χ3v) is 2.31. The highest BCUT2D eigenvalue weighted by Crippen LogP contribution is 2.14. The number of hydrogen-bond acceptors (Lipinski definition) is 4. The van der Waals surface area contributed by atoms with Crippen molar-refractivity contribution in [2.75, 3.05) is 6.61 Å². The molecule has 0 radical (unpaired) electrons. The molecule has 0 unspecified atom stereocenters. The Balaban J connectivity index is 2.40. The number of nitro groups is 1. The lowest BCUT2D eigenvalue weighted by atomic mass is 10.1. The maximum Gasteiger partial charge on any atom is 0.333 e. The van der Waals surface area contributed by atoms with Gasteiger partial charge in [-0.05, 0) is 25.3 Å². The molecule has 1 rings (SSSR count). The second kappa shape index (κ2) is 6.54. The van der Waals surface area contributed by atoms with Gasteiger partial charge >= 0.3 is 5.97 Å². The standard InChI is InChI=1S/C13H15NO4/c1-10(2)13(15)18-8-4-6-11-5-3-7-12(9-11)14(16)17/h3,5,7,9H,1,4,6,8H2,2H3. The summed E-state index contributed by atoms with van der Waals surface area (Å²) in [5.41, 5.74) is 1.30. The lowest BCUT2D eigenvalue weighted by Crippen LogP contribution is -2.06. The number of benzene rings is 1. The third-order valence-electron chi connectivity index (χ3n) is 2.31. The summed E-state index contributed by atoms with van der Waals surface area (Å²) in [4.78, 5) is 21.2. The molecule has 0 saturated heterocycles. The Kier molecular flexibility index (Phi) is 5.05. The minimum atomic E-state index is -0.426. The molecule has 96 valence electrons. The Morgan fingerprint density at radius 2 is 2.22 bits per heavy atom. The van der Waals surface area contributed by atoms with Crippen LogP contribution in [0.3, 0.4) is 0 Å². The molecular weight excluding hydrogens is 234 g/mol. The molecule has 0 atom stereocenters.